The molecule has 1 aliphatic rings. The predicted octanol–water partition coefficient (Wildman–Crippen LogP) is 4.47. The summed E-state index contributed by atoms with van der Waals surface area (Å²) >= 11 is 6.16. The second-order valence-electron chi connectivity index (χ2n) is 8.04. The largest absolute Gasteiger partial charge is 0.492 e. The Morgan fingerprint density at radius 2 is 1.85 bits per heavy atom. The van der Waals surface area contributed by atoms with Crippen molar-refractivity contribution < 1.29 is 17.9 Å². The number of carbonyl (C=O) groups is 1. The molecule has 0 aliphatic carbocycles. The summed E-state index contributed by atoms with van der Waals surface area (Å²) in [5.74, 6) is 0.341. The minimum absolute atomic E-state index is 0.0999. The van der Waals surface area contributed by atoms with Crippen LogP contribution >= 0.6 is 11.6 Å². The van der Waals surface area contributed by atoms with Gasteiger partial charge in [-0.05, 0) is 55.3 Å². The Morgan fingerprint density at radius 3 is 2.61 bits per heavy atom. The molecule has 0 unspecified atom stereocenters. The maximum Gasteiger partial charge on any atom is 0.251 e. The van der Waals surface area contributed by atoms with E-state index in [4.69, 9.17) is 16.3 Å². The highest BCUT2D eigenvalue weighted by molar-refractivity contribution is 7.89. The summed E-state index contributed by atoms with van der Waals surface area (Å²) in [6.07, 6.45) is 0. The topological polar surface area (TPSA) is 75.7 Å². The number of nitrogens with zero attached hydrogens (tertiary/aromatic N) is 1. The summed E-state index contributed by atoms with van der Waals surface area (Å²) in [5.41, 5.74) is 3.75. The third kappa shape index (κ3) is 5.05. The molecule has 0 spiro atoms. The molecule has 0 fully saturated rings. The Hall–Kier alpha value is -2.87. The Bertz CT molecular complexity index is 1290. The van der Waals surface area contributed by atoms with Crippen LogP contribution in [0.15, 0.2) is 65.6 Å². The molecular weight excluding hydrogens is 460 g/mol. The van der Waals surface area contributed by atoms with E-state index in [0.29, 0.717) is 34.0 Å². The van der Waals surface area contributed by atoms with Crippen LogP contribution in [0.25, 0.3) is 0 Å². The standard InChI is InChI=1S/C25H25ClN2O4S/c1-17-6-8-19(9-7-17)15-27-25(29)20-10-11-23-21(14-20)16-28(12-13-32-23)33(30,31)24-5-3-4-22(26)18(24)2/h3-11,14H,12-13,15-16H2,1-2H3,(H,27,29). The number of hydrogen-bond donors (Lipinski definition) is 1. The van der Waals surface area contributed by atoms with Crippen LogP contribution in [0.3, 0.4) is 0 Å². The van der Waals surface area contributed by atoms with Gasteiger partial charge < -0.3 is 10.1 Å². The van der Waals surface area contributed by atoms with E-state index in [1.165, 1.54) is 4.31 Å². The van der Waals surface area contributed by atoms with Crippen molar-refractivity contribution in [1.29, 1.82) is 0 Å². The molecule has 1 heterocycles. The summed E-state index contributed by atoms with van der Waals surface area (Å²) in [6.45, 7) is 4.61. The molecule has 0 aromatic heterocycles. The zero-order valence-electron chi connectivity index (χ0n) is 18.5. The summed E-state index contributed by atoms with van der Waals surface area (Å²) in [7, 11) is -3.80. The van der Waals surface area contributed by atoms with Crippen LogP contribution in [0.1, 0.15) is 32.6 Å². The lowest BCUT2D eigenvalue weighted by atomic mass is 10.1. The van der Waals surface area contributed by atoms with Crippen molar-refractivity contribution in [3.05, 3.63) is 93.5 Å². The fourth-order valence-corrected chi connectivity index (χ4v) is 5.59. The van der Waals surface area contributed by atoms with E-state index in [2.05, 4.69) is 5.32 Å². The maximum atomic E-state index is 13.4. The maximum absolute atomic E-state index is 13.4. The van der Waals surface area contributed by atoms with Crippen molar-refractivity contribution in [3.8, 4) is 5.75 Å². The molecular formula is C25H25ClN2O4S. The van der Waals surface area contributed by atoms with E-state index in [1.54, 1.807) is 43.3 Å². The highest BCUT2D eigenvalue weighted by atomic mass is 35.5. The van der Waals surface area contributed by atoms with Crippen LogP contribution in [-0.4, -0.2) is 31.8 Å². The molecule has 172 valence electrons. The summed E-state index contributed by atoms with van der Waals surface area (Å²) in [4.78, 5) is 12.9. The first kappa shape index (κ1) is 23.3. The number of carbonyl (C=O) groups excluding carboxylic acids is 1. The van der Waals surface area contributed by atoms with Crippen LogP contribution in [0.2, 0.25) is 5.02 Å². The molecule has 3 aromatic carbocycles. The van der Waals surface area contributed by atoms with Gasteiger partial charge in [0.1, 0.15) is 12.4 Å². The lowest BCUT2D eigenvalue weighted by Crippen LogP contribution is -2.33. The number of rotatable bonds is 5. The van der Waals surface area contributed by atoms with Gasteiger partial charge in [0.15, 0.2) is 0 Å². The monoisotopic (exact) mass is 484 g/mol. The molecule has 3 aromatic rings. The molecule has 33 heavy (non-hydrogen) atoms. The molecule has 1 N–H and O–H groups in total. The van der Waals surface area contributed by atoms with Crippen molar-refractivity contribution in [2.24, 2.45) is 0 Å². The molecule has 6 nitrogen and oxygen atoms in total. The molecule has 0 saturated heterocycles. The SMILES string of the molecule is Cc1ccc(CNC(=O)c2ccc3c(c2)CN(S(=O)(=O)c2cccc(Cl)c2C)CCO3)cc1. The second-order valence-corrected chi connectivity index (χ2v) is 10.4. The first-order valence-electron chi connectivity index (χ1n) is 10.6. The minimum Gasteiger partial charge on any atom is -0.492 e. The molecule has 0 bridgehead atoms. The number of fused-ring (bicyclic) bond motifs is 1. The van der Waals surface area contributed by atoms with Crippen molar-refractivity contribution in [3.63, 3.8) is 0 Å². The van der Waals surface area contributed by atoms with Gasteiger partial charge in [-0.1, -0.05) is 47.5 Å². The quantitative estimate of drug-likeness (QED) is 0.579. The smallest absolute Gasteiger partial charge is 0.251 e. The fourth-order valence-electron chi connectivity index (χ4n) is 3.71. The number of amides is 1. The minimum atomic E-state index is -3.80. The Morgan fingerprint density at radius 1 is 1.09 bits per heavy atom. The van der Waals surface area contributed by atoms with Crippen molar-refractivity contribution in [1.82, 2.24) is 9.62 Å². The number of sulfonamides is 1. The van der Waals surface area contributed by atoms with Crippen LogP contribution in [0.5, 0.6) is 5.75 Å². The number of nitrogens with one attached hydrogen (secondary N) is 1. The van der Waals surface area contributed by atoms with E-state index < -0.39 is 10.0 Å². The zero-order valence-corrected chi connectivity index (χ0v) is 20.0. The number of hydrogen-bond acceptors (Lipinski definition) is 4. The van der Waals surface area contributed by atoms with E-state index in [0.717, 1.165) is 11.1 Å². The fraction of sp³-hybridized carbons (Fsp3) is 0.240. The average molecular weight is 485 g/mol. The van der Waals surface area contributed by atoms with Gasteiger partial charge >= 0.3 is 0 Å². The Labute approximate surface area is 199 Å². The van der Waals surface area contributed by atoms with Gasteiger partial charge in [0.25, 0.3) is 5.91 Å². The van der Waals surface area contributed by atoms with Crippen LogP contribution in [0, 0.1) is 13.8 Å². The van der Waals surface area contributed by atoms with E-state index >= 15 is 0 Å². The van der Waals surface area contributed by atoms with Crippen molar-refractivity contribution >= 4 is 27.5 Å². The van der Waals surface area contributed by atoms with Gasteiger partial charge in [-0.3, -0.25) is 4.79 Å². The molecule has 0 saturated carbocycles. The van der Waals surface area contributed by atoms with Crippen LogP contribution < -0.4 is 10.1 Å². The molecule has 1 aliphatic heterocycles. The van der Waals surface area contributed by atoms with Gasteiger partial charge in [-0.25, -0.2) is 8.42 Å². The lowest BCUT2D eigenvalue weighted by Gasteiger charge is -2.21. The molecule has 1 amide bonds. The van der Waals surface area contributed by atoms with E-state index in [-0.39, 0.29) is 30.5 Å². The third-order valence-corrected chi connectivity index (χ3v) is 8.08. The van der Waals surface area contributed by atoms with Crippen molar-refractivity contribution in [2.75, 3.05) is 13.2 Å². The van der Waals surface area contributed by atoms with Crippen molar-refractivity contribution in [2.45, 2.75) is 31.8 Å². The van der Waals surface area contributed by atoms with Gasteiger partial charge in [-0.2, -0.15) is 4.31 Å². The van der Waals surface area contributed by atoms with Crippen LogP contribution in [0.4, 0.5) is 0 Å². The van der Waals surface area contributed by atoms with Gasteiger partial charge in [0, 0.05) is 35.8 Å². The molecule has 0 radical (unpaired) electrons. The highest BCUT2D eigenvalue weighted by Crippen LogP contribution is 2.30. The van der Waals surface area contributed by atoms with Crippen LogP contribution in [-0.2, 0) is 23.1 Å². The summed E-state index contributed by atoms with van der Waals surface area (Å²) < 4.78 is 33.9. The molecule has 0 atom stereocenters. The number of benzene rings is 3. The Balaban J connectivity index is 1.55. The van der Waals surface area contributed by atoms with Gasteiger partial charge in [0.05, 0.1) is 4.90 Å². The Kier molecular flexibility index (Phi) is 6.74. The predicted molar refractivity (Wildman–Crippen MR) is 128 cm³/mol. The lowest BCUT2D eigenvalue weighted by molar-refractivity contribution is 0.0950. The normalized spacial score (nSPS) is 14.2. The van der Waals surface area contributed by atoms with Gasteiger partial charge in [-0.15, -0.1) is 0 Å². The number of halogens is 1. The number of aryl methyl sites for hydroxylation is 1. The first-order valence-corrected chi connectivity index (χ1v) is 12.4. The molecule has 4 rings (SSSR count). The highest BCUT2D eigenvalue weighted by Gasteiger charge is 2.29. The molecule has 8 heteroatoms. The first-order chi connectivity index (χ1) is 15.8. The summed E-state index contributed by atoms with van der Waals surface area (Å²) in [6, 6.07) is 17.9. The third-order valence-electron chi connectivity index (χ3n) is 5.68. The van der Waals surface area contributed by atoms with E-state index in [9.17, 15) is 13.2 Å². The second kappa shape index (κ2) is 9.55. The van der Waals surface area contributed by atoms with Gasteiger partial charge in [0.2, 0.25) is 10.0 Å². The zero-order chi connectivity index (χ0) is 23.6. The number of ether oxygens (including phenoxy) is 1. The van der Waals surface area contributed by atoms with E-state index in [1.807, 2.05) is 31.2 Å². The summed E-state index contributed by atoms with van der Waals surface area (Å²) in [5, 5.41) is 3.31. The average Bonchev–Trinajstić information content (AvgIpc) is 3.02.